The zero-order valence-electron chi connectivity index (χ0n) is 17.1. The maximum Gasteiger partial charge on any atom is 0.306 e. The van der Waals surface area contributed by atoms with Crippen molar-refractivity contribution >= 4 is 17.6 Å². The average molecular weight is 378 g/mol. The van der Waals surface area contributed by atoms with Crippen molar-refractivity contribution in [1.29, 1.82) is 0 Å². The van der Waals surface area contributed by atoms with Gasteiger partial charge in [-0.05, 0) is 43.9 Å². The summed E-state index contributed by atoms with van der Waals surface area (Å²) >= 11 is 0. The second-order valence-corrected chi connectivity index (χ2v) is 7.15. The number of unbranched alkanes of at least 4 members (excludes halogenated alkanes) is 6. The average Bonchev–Trinajstić information content (AvgIpc) is 2.64. The molecule has 0 aliphatic heterocycles. The summed E-state index contributed by atoms with van der Waals surface area (Å²) in [4.78, 5) is 24.7. The smallest absolute Gasteiger partial charge is 0.306 e. The predicted octanol–water partition coefficient (Wildman–Crippen LogP) is 5.49. The number of aryl methyl sites for hydroxylation is 1. The number of phenols is 1. The summed E-state index contributed by atoms with van der Waals surface area (Å²) in [5, 5.41) is 12.6. The number of phenolic OH excluding ortho intramolecular Hbond substituents is 1. The minimum atomic E-state index is -0.822. The molecule has 0 fully saturated rings. The summed E-state index contributed by atoms with van der Waals surface area (Å²) in [6.45, 7) is 6.08. The van der Waals surface area contributed by atoms with E-state index in [0.29, 0.717) is 18.5 Å². The van der Waals surface area contributed by atoms with Gasteiger partial charge in [-0.1, -0.05) is 58.4 Å². The quantitative estimate of drug-likeness (QED) is 0.271. The first kappa shape index (κ1) is 23.0. The van der Waals surface area contributed by atoms with Crippen LogP contribution in [0.15, 0.2) is 18.2 Å². The number of rotatable bonds is 13. The number of carbonyl (C=O) groups excluding carboxylic acids is 2. The number of carbonyl (C=O) groups is 2. The van der Waals surface area contributed by atoms with Gasteiger partial charge in [0, 0.05) is 6.42 Å². The molecule has 1 amide bonds. The number of aromatic hydroxyl groups is 1. The summed E-state index contributed by atoms with van der Waals surface area (Å²) in [5.41, 5.74) is 1.27. The lowest BCUT2D eigenvalue weighted by molar-refractivity contribution is -0.154. The van der Waals surface area contributed by atoms with Crippen LogP contribution in [0.3, 0.4) is 0 Å². The normalized spacial score (nSPS) is 11.8. The van der Waals surface area contributed by atoms with Gasteiger partial charge in [-0.3, -0.25) is 9.59 Å². The molecule has 5 heteroatoms. The second kappa shape index (κ2) is 13.2. The second-order valence-electron chi connectivity index (χ2n) is 7.15. The highest BCUT2D eigenvalue weighted by Gasteiger charge is 2.23. The first-order valence-electron chi connectivity index (χ1n) is 10.3. The maximum atomic E-state index is 12.6. The van der Waals surface area contributed by atoms with Gasteiger partial charge in [0.1, 0.15) is 5.75 Å². The number of hydrogen-bond donors (Lipinski definition) is 2. The molecule has 1 unspecified atom stereocenters. The standard InChI is InChI=1S/C22H35NO4/c1-4-6-8-9-10-11-13-21(25)27-20(12-7-5-2)22(26)23-18-16-17(3)14-15-19(18)24/h14-16,20,24H,4-13H2,1-3H3,(H,23,26). The SMILES string of the molecule is CCCCCCCCC(=O)OC(CCCC)C(=O)Nc1cc(C)ccc1O. The molecular formula is C22H35NO4. The van der Waals surface area contributed by atoms with Crippen LogP contribution in [0.4, 0.5) is 5.69 Å². The van der Waals surface area contributed by atoms with Gasteiger partial charge in [0.15, 0.2) is 6.10 Å². The maximum absolute atomic E-state index is 12.6. The minimum Gasteiger partial charge on any atom is -0.506 e. The third-order valence-corrected chi connectivity index (χ3v) is 4.53. The number of ether oxygens (including phenoxy) is 1. The van der Waals surface area contributed by atoms with Crippen molar-refractivity contribution in [2.45, 2.75) is 91.1 Å². The van der Waals surface area contributed by atoms with E-state index in [0.717, 1.165) is 37.7 Å². The third kappa shape index (κ3) is 9.45. The zero-order valence-corrected chi connectivity index (χ0v) is 17.1. The number of esters is 1. The molecule has 0 radical (unpaired) electrons. The third-order valence-electron chi connectivity index (χ3n) is 4.53. The zero-order chi connectivity index (χ0) is 20.1. The Balaban J connectivity index is 2.54. The van der Waals surface area contributed by atoms with E-state index >= 15 is 0 Å². The molecule has 2 N–H and O–H groups in total. The van der Waals surface area contributed by atoms with E-state index in [1.54, 1.807) is 12.1 Å². The van der Waals surface area contributed by atoms with Crippen molar-refractivity contribution in [3.8, 4) is 5.75 Å². The number of benzene rings is 1. The molecule has 5 nitrogen and oxygen atoms in total. The minimum absolute atomic E-state index is 0.00148. The van der Waals surface area contributed by atoms with E-state index in [1.807, 2.05) is 13.8 Å². The predicted molar refractivity (Wildman–Crippen MR) is 109 cm³/mol. The largest absolute Gasteiger partial charge is 0.506 e. The molecule has 1 aromatic rings. The van der Waals surface area contributed by atoms with Gasteiger partial charge in [-0.25, -0.2) is 0 Å². The van der Waals surface area contributed by atoms with Crippen LogP contribution in [0.2, 0.25) is 0 Å². The molecule has 0 aromatic heterocycles. The van der Waals surface area contributed by atoms with Crippen LogP contribution < -0.4 is 5.32 Å². The van der Waals surface area contributed by atoms with Crippen LogP contribution in [0.25, 0.3) is 0 Å². The van der Waals surface area contributed by atoms with E-state index < -0.39 is 6.10 Å². The van der Waals surface area contributed by atoms with Gasteiger partial charge in [0.25, 0.3) is 5.91 Å². The molecule has 0 heterocycles. The fraction of sp³-hybridized carbons (Fsp3) is 0.636. The van der Waals surface area contributed by atoms with Crippen LogP contribution in [0, 0.1) is 6.92 Å². The Bertz CT molecular complexity index is 586. The van der Waals surface area contributed by atoms with E-state index in [4.69, 9.17) is 4.74 Å². The molecule has 152 valence electrons. The highest BCUT2D eigenvalue weighted by molar-refractivity contribution is 5.96. The van der Waals surface area contributed by atoms with Crippen LogP contribution in [0.1, 0.15) is 83.6 Å². The molecule has 0 aliphatic rings. The van der Waals surface area contributed by atoms with Crippen LogP contribution >= 0.6 is 0 Å². The molecule has 0 bridgehead atoms. The fourth-order valence-electron chi connectivity index (χ4n) is 2.86. The Morgan fingerprint density at radius 1 is 1.04 bits per heavy atom. The lowest BCUT2D eigenvalue weighted by Gasteiger charge is -2.18. The summed E-state index contributed by atoms with van der Waals surface area (Å²) < 4.78 is 5.45. The Morgan fingerprint density at radius 2 is 1.70 bits per heavy atom. The summed E-state index contributed by atoms with van der Waals surface area (Å²) in [7, 11) is 0. The van der Waals surface area contributed by atoms with Crippen molar-refractivity contribution < 1.29 is 19.4 Å². The lowest BCUT2D eigenvalue weighted by Crippen LogP contribution is -2.32. The Hall–Kier alpha value is -2.04. The number of nitrogens with one attached hydrogen (secondary N) is 1. The van der Waals surface area contributed by atoms with Crippen LogP contribution in [-0.2, 0) is 14.3 Å². The molecule has 0 saturated heterocycles. The Morgan fingerprint density at radius 3 is 2.41 bits per heavy atom. The van der Waals surface area contributed by atoms with Crippen LogP contribution in [0.5, 0.6) is 5.75 Å². The van der Waals surface area contributed by atoms with Crippen molar-refractivity contribution in [3.05, 3.63) is 23.8 Å². The Labute approximate surface area is 163 Å². The van der Waals surface area contributed by atoms with E-state index in [1.165, 1.54) is 25.3 Å². The highest BCUT2D eigenvalue weighted by atomic mass is 16.5. The van der Waals surface area contributed by atoms with Gasteiger partial charge in [0.05, 0.1) is 5.69 Å². The van der Waals surface area contributed by atoms with Crippen molar-refractivity contribution in [2.24, 2.45) is 0 Å². The van der Waals surface area contributed by atoms with E-state index in [2.05, 4.69) is 12.2 Å². The number of anilines is 1. The fourth-order valence-corrected chi connectivity index (χ4v) is 2.86. The van der Waals surface area contributed by atoms with Gasteiger partial charge >= 0.3 is 5.97 Å². The summed E-state index contributed by atoms with van der Waals surface area (Å²) in [6.07, 6.45) is 8.29. The molecule has 0 spiro atoms. The Kier molecular flexibility index (Phi) is 11.2. The topological polar surface area (TPSA) is 75.6 Å². The number of hydrogen-bond acceptors (Lipinski definition) is 4. The lowest BCUT2D eigenvalue weighted by atomic mass is 10.1. The molecular weight excluding hydrogens is 342 g/mol. The van der Waals surface area contributed by atoms with Crippen molar-refractivity contribution in [2.75, 3.05) is 5.32 Å². The molecule has 0 saturated carbocycles. The first-order chi connectivity index (χ1) is 13.0. The monoisotopic (exact) mass is 377 g/mol. The molecule has 1 aromatic carbocycles. The van der Waals surface area contributed by atoms with E-state index in [-0.39, 0.29) is 17.6 Å². The highest BCUT2D eigenvalue weighted by Crippen LogP contribution is 2.24. The number of amides is 1. The first-order valence-corrected chi connectivity index (χ1v) is 10.3. The van der Waals surface area contributed by atoms with Crippen molar-refractivity contribution in [1.82, 2.24) is 0 Å². The molecule has 0 aliphatic carbocycles. The van der Waals surface area contributed by atoms with Gasteiger partial charge < -0.3 is 15.2 Å². The molecule has 1 rings (SSSR count). The van der Waals surface area contributed by atoms with Crippen molar-refractivity contribution in [3.63, 3.8) is 0 Å². The van der Waals surface area contributed by atoms with Gasteiger partial charge in [-0.15, -0.1) is 0 Å². The summed E-state index contributed by atoms with van der Waals surface area (Å²) in [5.74, 6) is -0.711. The molecule has 27 heavy (non-hydrogen) atoms. The van der Waals surface area contributed by atoms with Gasteiger partial charge in [-0.2, -0.15) is 0 Å². The molecule has 1 atom stereocenters. The summed E-state index contributed by atoms with van der Waals surface area (Å²) in [6, 6.07) is 5.00. The van der Waals surface area contributed by atoms with Gasteiger partial charge in [0.2, 0.25) is 0 Å². The van der Waals surface area contributed by atoms with E-state index in [9.17, 15) is 14.7 Å². The van der Waals surface area contributed by atoms with Crippen LogP contribution in [-0.4, -0.2) is 23.1 Å².